The first-order chi connectivity index (χ1) is 15.1. The molecule has 1 aromatic heterocycles. The molecule has 1 saturated heterocycles. The van der Waals surface area contributed by atoms with Crippen LogP contribution in [0.15, 0.2) is 54.9 Å². The van der Waals surface area contributed by atoms with Crippen molar-refractivity contribution in [2.75, 3.05) is 69.2 Å². The zero-order valence-electron chi connectivity index (χ0n) is 18.6. The van der Waals surface area contributed by atoms with E-state index in [-0.39, 0.29) is 0 Å². The van der Waals surface area contributed by atoms with E-state index in [1.54, 1.807) is 14.2 Å². The smallest absolute Gasteiger partial charge is 0.162 e. The van der Waals surface area contributed by atoms with Crippen LogP contribution in [0.25, 0.3) is 11.3 Å². The van der Waals surface area contributed by atoms with Crippen LogP contribution < -0.4 is 24.2 Å². The normalized spacial score (nSPS) is 13.8. The highest BCUT2D eigenvalue weighted by Crippen LogP contribution is 2.32. The average Bonchev–Trinajstić information content (AvgIpc) is 2.84. The van der Waals surface area contributed by atoms with Crippen LogP contribution in [0.1, 0.15) is 0 Å². The maximum absolute atomic E-state index is 5.45. The van der Waals surface area contributed by atoms with Gasteiger partial charge in [0.15, 0.2) is 11.5 Å². The van der Waals surface area contributed by atoms with Gasteiger partial charge in [0.25, 0.3) is 0 Å². The van der Waals surface area contributed by atoms with Crippen LogP contribution in [0.5, 0.6) is 11.5 Å². The molecule has 0 spiro atoms. The van der Waals surface area contributed by atoms with E-state index in [1.807, 2.05) is 38.6 Å². The second-order valence-corrected chi connectivity index (χ2v) is 7.72. The maximum atomic E-state index is 5.45. The summed E-state index contributed by atoms with van der Waals surface area (Å²) in [6.45, 7) is 3.56. The lowest BCUT2D eigenvalue weighted by molar-refractivity contribution is 0.355. The molecule has 1 aliphatic heterocycles. The predicted octanol–water partition coefficient (Wildman–Crippen LogP) is 3.55. The molecule has 2 heterocycles. The van der Waals surface area contributed by atoms with Gasteiger partial charge in [0.1, 0.15) is 5.82 Å². The van der Waals surface area contributed by atoms with E-state index in [0.29, 0.717) is 0 Å². The van der Waals surface area contributed by atoms with Crippen LogP contribution in [-0.2, 0) is 0 Å². The SMILES string of the molecule is COc1ccc(N2CCN(c3cncc(-c4cccc(N(C)C)c4)n3)CC2)cc1OC. The molecule has 4 rings (SSSR count). The lowest BCUT2D eigenvalue weighted by Crippen LogP contribution is -2.46. The molecular weight excluding hydrogens is 390 g/mol. The Morgan fingerprint density at radius 2 is 1.58 bits per heavy atom. The standard InChI is InChI=1S/C24H29N5O2/c1-27(2)19-7-5-6-18(14-19)21-16-25-17-24(26-21)29-12-10-28(11-13-29)20-8-9-22(30-3)23(15-20)31-4/h5-9,14-17H,10-13H2,1-4H3. The summed E-state index contributed by atoms with van der Waals surface area (Å²) < 4.78 is 10.8. The van der Waals surface area contributed by atoms with Gasteiger partial charge in [-0.05, 0) is 24.3 Å². The summed E-state index contributed by atoms with van der Waals surface area (Å²) >= 11 is 0. The molecule has 31 heavy (non-hydrogen) atoms. The van der Waals surface area contributed by atoms with E-state index in [0.717, 1.165) is 66.1 Å². The molecule has 0 aliphatic carbocycles. The highest BCUT2D eigenvalue weighted by atomic mass is 16.5. The van der Waals surface area contributed by atoms with Crippen molar-refractivity contribution in [1.29, 1.82) is 0 Å². The third kappa shape index (κ3) is 4.50. The zero-order chi connectivity index (χ0) is 21.8. The van der Waals surface area contributed by atoms with Crippen LogP contribution in [0.3, 0.4) is 0 Å². The fraction of sp³-hybridized carbons (Fsp3) is 0.333. The van der Waals surface area contributed by atoms with Gasteiger partial charge in [-0.25, -0.2) is 4.98 Å². The summed E-state index contributed by atoms with van der Waals surface area (Å²) in [4.78, 5) is 16.1. The Morgan fingerprint density at radius 1 is 0.839 bits per heavy atom. The first-order valence-electron chi connectivity index (χ1n) is 10.4. The van der Waals surface area contributed by atoms with E-state index >= 15 is 0 Å². The minimum absolute atomic E-state index is 0.746. The van der Waals surface area contributed by atoms with Gasteiger partial charge in [0.2, 0.25) is 0 Å². The van der Waals surface area contributed by atoms with E-state index < -0.39 is 0 Å². The minimum Gasteiger partial charge on any atom is -0.493 e. The molecular formula is C24H29N5O2. The Balaban J connectivity index is 1.47. The largest absolute Gasteiger partial charge is 0.493 e. The molecule has 162 valence electrons. The number of hydrogen-bond donors (Lipinski definition) is 0. The topological polar surface area (TPSA) is 54.0 Å². The highest BCUT2D eigenvalue weighted by molar-refractivity contribution is 5.66. The van der Waals surface area contributed by atoms with Gasteiger partial charge in [0, 0.05) is 63.3 Å². The number of anilines is 3. The Bertz CT molecular complexity index is 1030. The Hall–Kier alpha value is -3.48. The molecule has 7 heteroatoms. The number of methoxy groups -OCH3 is 2. The summed E-state index contributed by atoms with van der Waals surface area (Å²) in [5.74, 6) is 2.41. The van der Waals surface area contributed by atoms with E-state index in [1.165, 1.54) is 0 Å². The zero-order valence-corrected chi connectivity index (χ0v) is 18.6. The average molecular weight is 420 g/mol. The van der Waals surface area contributed by atoms with Crippen LogP contribution >= 0.6 is 0 Å². The van der Waals surface area contributed by atoms with Crippen molar-refractivity contribution in [3.05, 3.63) is 54.9 Å². The number of benzene rings is 2. The van der Waals surface area contributed by atoms with Crippen molar-refractivity contribution in [1.82, 2.24) is 9.97 Å². The Labute approximate surface area is 183 Å². The number of nitrogens with zero attached hydrogens (tertiary/aromatic N) is 5. The molecule has 0 unspecified atom stereocenters. The van der Waals surface area contributed by atoms with Crippen LogP contribution in [0.2, 0.25) is 0 Å². The van der Waals surface area contributed by atoms with Crippen LogP contribution in [0, 0.1) is 0 Å². The van der Waals surface area contributed by atoms with Gasteiger partial charge in [0.05, 0.1) is 32.3 Å². The first kappa shape index (κ1) is 20.8. The molecule has 1 fully saturated rings. The summed E-state index contributed by atoms with van der Waals surface area (Å²) in [5.41, 5.74) is 4.25. The van der Waals surface area contributed by atoms with Gasteiger partial charge in [-0.2, -0.15) is 0 Å². The van der Waals surface area contributed by atoms with Crippen molar-refractivity contribution in [3.63, 3.8) is 0 Å². The van der Waals surface area contributed by atoms with E-state index in [9.17, 15) is 0 Å². The third-order valence-corrected chi connectivity index (χ3v) is 5.62. The first-order valence-corrected chi connectivity index (χ1v) is 10.4. The van der Waals surface area contributed by atoms with Gasteiger partial charge in [-0.1, -0.05) is 12.1 Å². The van der Waals surface area contributed by atoms with Crippen molar-refractivity contribution in [2.24, 2.45) is 0 Å². The molecule has 0 N–H and O–H groups in total. The van der Waals surface area contributed by atoms with E-state index in [4.69, 9.17) is 14.5 Å². The van der Waals surface area contributed by atoms with Gasteiger partial charge in [-0.15, -0.1) is 0 Å². The van der Waals surface area contributed by atoms with Crippen molar-refractivity contribution in [3.8, 4) is 22.8 Å². The Morgan fingerprint density at radius 3 is 2.29 bits per heavy atom. The number of piperazine rings is 1. The second kappa shape index (κ2) is 9.12. The molecule has 0 bridgehead atoms. The van der Waals surface area contributed by atoms with Gasteiger partial charge >= 0.3 is 0 Å². The summed E-state index contributed by atoms with van der Waals surface area (Å²) in [6, 6.07) is 14.4. The molecule has 3 aromatic rings. The van der Waals surface area contributed by atoms with Gasteiger partial charge < -0.3 is 24.2 Å². The van der Waals surface area contributed by atoms with E-state index in [2.05, 4.69) is 50.0 Å². The lowest BCUT2D eigenvalue weighted by Gasteiger charge is -2.36. The molecule has 2 aromatic carbocycles. The minimum atomic E-state index is 0.746. The lowest BCUT2D eigenvalue weighted by atomic mass is 10.1. The van der Waals surface area contributed by atoms with Crippen molar-refractivity contribution >= 4 is 17.2 Å². The molecule has 0 radical (unpaired) electrons. The quantitative estimate of drug-likeness (QED) is 0.606. The van der Waals surface area contributed by atoms with Crippen LogP contribution in [0.4, 0.5) is 17.2 Å². The number of ether oxygens (including phenoxy) is 2. The summed E-state index contributed by atoms with van der Waals surface area (Å²) in [6.07, 6.45) is 3.68. The predicted molar refractivity (Wildman–Crippen MR) is 126 cm³/mol. The fourth-order valence-corrected chi connectivity index (χ4v) is 3.81. The van der Waals surface area contributed by atoms with Crippen molar-refractivity contribution < 1.29 is 9.47 Å². The summed E-state index contributed by atoms with van der Waals surface area (Å²) in [5, 5.41) is 0. The molecule has 0 atom stereocenters. The molecule has 1 aliphatic rings. The Kier molecular flexibility index (Phi) is 6.11. The fourth-order valence-electron chi connectivity index (χ4n) is 3.81. The highest BCUT2D eigenvalue weighted by Gasteiger charge is 2.20. The van der Waals surface area contributed by atoms with Crippen LogP contribution in [-0.4, -0.2) is 64.5 Å². The maximum Gasteiger partial charge on any atom is 0.162 e. The number of hydrogen-bond acceptors (Lipinski definition) is 7. The monoisotopic (exact) mass is 419 g/mol. The number of aromatic nitrogens is 2. The van der Waals surface area contributed by atoms with Crippen molar-refractivity contribution in [2.45, 2.75) is 0 Å². The number of rotatable bonds is 6. The molecule has 7 nitrogen and oxygen atoms in total. The van der Waals surface area contributed by atoms with Gasteiger partial charge in [-0.3, -0.25) is 4.98 Å². The molecule has 0 amide bonds. The molecule has 0 saturated carbocycles. The summed E-state index contributed by atoms with van der Waals surface area (Å²) in [7, 11) is 7.40. The third-order valence-electron chi connectivity index (χ3n) is 5.62. The second-order valence-electron chi connectivity index (χ2n) is 7.72.